The SMILES string of the molecule is O=C1C2=CC=CC2=Nc2[nH]ncc21. The van der Waals surface area contributed by atoms with E-state index in [4.69, 9.17) is 0 Å². The lowest BCUT2D eigenvalue weighted by Gasteiger charge is -2.07. The molecule has 62 valence electrons. The van der Waals surface area contributed by atoms with Gasteiger partial charge in [-0.15, -0.1) is 0 Å². The second-order valence-electron chi connectivity index (χ2n) is 2.90. The smallest absolute Gasteiger partial charge is 0.200 e. The molecule has 2 heterocycles. The molecular weight excluding hydrogens is 166 g/mol. The molecule has 0 atom stereocenters. The van der Waals surface area contributed by atoms with Crippen molar-refractivity contribution in [1.82, 2.24) is 10.2 Å². The van der Waals surface area contributed by atoms with Crippen LogP contribution >= 0.6 is 0 Å². The third-order valence-electron chi connectivity index (χ3n) is 2.13. The Bertz CT molecular complexity index is 491. The van der Waals surface area contributed by atoms with Crippen LogP contribution in [0, 0.1) is 0 Å². The first kappa shape index (κ1) is 6.54. The zero-order valence-corrected chi connectivity index (χ0v) is 6.61. The van der Waals surface area contributed by atoms with Crippen LogP contribution in [0.5, 0.6) is 0 Å². The molecule has 0 saturated carbocycles. The van der Waals surface area contributed by atoms with Gasteiger partial charge in [-0.25, -0.2) is 4.99 Å². The first-order valence-corrected chi connectivity index (χ1v) is 3.92. The first-order chi connectivity index (χ1) is 6.36. The summed E-state index contributed by atoms with van der Waals surface area (Å²) in [5.74, 6) is 0.558. The third-order valence-corrected chi connectivity index (χ3v) is 2.13. The minimum atomic E-state index is -0.00116. The highest BCUT2D eigenvalue weighted by Gasteiger charge is 2.26. The Balaban J connectivity index is 2.32. The molecule has 1 N–H and O–H groups in total. The molecule has 1 aliphatic heterocycles. The van der Waals surface area contributed by atoms with Crippen LogP contribution in [-0.4, -0.2) is 21.7 Å². The van der Waals surface area contributed by atoms with Gasteiger partial charge in [0.25, 0.3) is 0 Å². The largest absolute Gasteiger partial charge is 0.288 e. The molecule has 0 aromatic carbocycles. The quantitative estimate of drug-likeness (QED) is 0.637. The van der Waals surface area contributed by atoms with Crippen LogP contribution in [0.15, 0.2) is 35.0 Å². The van der Waals surface area contributed by atoms with Crippen LogP contribution in [0.2, 0.25) is 0 Å². The van der Waals surface area contributed by atoms with E-state index in [0.29, 0.717) is 17.0 Å². The van der Waals surface area contributed by atoms with Crippen molar-refractivity contribution in [3.8, 4) is 0 Å². The van der Waals surface area contributed by atoms with E-state index in [2.05, 4.69) is 15.2 Å². The van der Waals surface area contributed by atoms with E-state index < -0.39 is 0 Å². The zero-order chi connectivity index (χ0) is 8.84. The number of hydrogen-bond acceptors (Lipinski definition) is 3. The van der Waals surface area contributed by atoms with E-state index >= 15 is 0 Å². The Morgan fingerprint density at radius 3 is 3.23 bits per heavy atom. The molecule has 0 bridgehead atoms. The van der Waals surface area contributed by atoms with E-state index in [-0.39, 0.29) is 5.78 Å². The molecular formula is C9H5N3O. The average Bonchev–Trinajstić information content (AvgIpc) is 2.71. The van der Waals surface area contributed by atoms with Crippen molar-refractivity contribution in [2.45, 2.75) is 0 Å². The molecule has 0 fully saturated rings. The third kappa shape index (κ3) is 0.717. The van der Waals surface area contributed by atoms with Crippen molar-refractivity contribution in [3.63, 3.8) is 0 Å². The van der Waals surface area contributed by atoms with Gasteiger partial charge in [0.05, 0.1) is 17.5 Å². The molecule has 2 aliphatic rings. The number of aromatic amines is 1. The molecule has 3 rings (SSSR count). The number of Topliss-reactive ketones (excluding diaryl/α,β-unsaturated/α-hetero) is 1. The lowest BCUT2D eigenvalue weighted by molar-refractivity contribution is 0.104. The summed E-state index contributed by atoms with van der Waals surface area (Å²) in [6.07, 6.45) is 6.93. The Morgan fingerprint density at radius 1 is 1.38 bits per heavy atom. The summed E-state index contributed by atoms with van der Waals surface area (Å²) in [4.78, 5) is 16.0. The topological polar surface area (TPSA) is 58.1 Å². The average molecular weight is 171 g/mol. The number of aromatic nitrogens is 2. The molecule has 0 spiro atoms. The van der Waals surface area contributed by atoms with Gasteiger partial charge >= 0.3 is 0 Å². The van der Waals surface area contributed by atoms with Crippen LogP contribution in [0.1, 0.15) is 10.4 Å². The van der Waals surface area contributed by atoms with Crippen LogP contribution in [0.25, 0.3) is 0 Å². The number of nitrogens with one attached hydrogen (secondary N) is 1. The minimum absolute atomic E-state index is 0.00116. The van der Waals surface area contributed by atoms with Gasteiger partial charge < -0.3 is 0 Å². The minimum Gasteiger partial charge on any atom is -0.288 e. The fraction of sp³-hybridized carbons (Fsp3) is 0. The van der Waals surface area contributed by atoms with E-state index in [0.717, 1.165) is 5.71 Å². The molecule has 0 radical (unpaired) electrons. The molecule has 1 aromatic rings. The van der Waals surface area contributed by atoms with Crippen molar-refractivity contribution in [2.75, 3.05) is 0 Å². The number of carbonyl (C=O) groups is 1. The van der Waals surface area contributed by atoms with Gasteiger partial charge in [0.1, 0.15) is 0 Å². The fourth-order valence-corrected chi connectivity index (χ4v) is 1.50. The van der Waals surface area contributed by atoms with Crippen LogP contribution in [0.4, 0.5) is 5.82 Å². The van der Waals surface area contributed by atoms with E-state index in [1.807, 2.05) is 12.2 Å². The van der Waals surface area contributed by atoms with E-state index in [1.54, 1.807) is 6.08 Å². The highest BCUT2D eigenvalue weighted by Crippen LogP contribution is 2.28. The van der Waals surface area contributed by atoms with Gasteiger partial charge in [0.15, 0.2) is 5.82 Å². The zero-order valence-electron chi connectivity index (χ0n) is 6.61. The summed E-state index contributed by atoms with van der Waals surface area (Å²) in [7, 11) is 0. The summed E-state index contributed by atoms with van der Waals surface area (Å²) in [6.45, 7) is 0. The van der Waals surface area contributed by atoms with Gasteiger partial charge in [-0.1, -0.05) is 6.08 Å². The number of hydrogen-bond donors (Lipinski definition) is 1. The predicted octanol–water partition coefficient (Wildman–Crippen LogP) is 1.17. The molecule has 13 heavy (non-hydrogen) atoms. The normalized spacial score (nSPS) is 18.0. The standard InChI is InChI=1S/C9H5N3O/c13-8-5-2-1-3-7(5)11-9-6(8)4-10-12-9/h1-4H,(H,10,12). The fourth-order valence-electron chi connectivity index (χ4n) is 1.50. The second-order valence-corrected chi connectivity index (χ2v) is 2.90. The maximum Gasteiger partial charge on any atom is 0.200 e. The highest BCUT2D eigenvalue weighted by molar-refractivity contribution is 6.35. The molecule has 0 amide bonds. The van der Waals surface area contributed by atoms with Crippen molar-refractivity contribution in [3.05, 3.63) is 35.6 Å². The number of rotatable bonds is 0. The maximum absolute atomic E-state index is 11.7. The summed E-state index contributed by atoms with van der Waals surface area (Å²) in [5.41, 5.74) is 1.94. The van der Waals surface area contributed by atoms with Crippen molar-refractivity contribution in [2.24, 2.45) is 4.99 Å². The van der Waals surface area contributed by atoms with Gasteiger partial charge in [0, 0.05) is 5.57 Å². The number of fused-ring (bicyclic) bond motifs is 2. The number of allylic oxidation sites excluding steroid dienone is 4. The van der Waals surface area contributed by atoms with Crippen LogP contribution < -0.4 is 0 Å². The summed E-state index contributed by atoms with van der Waals surface area (Å²) < 4.78 is 0. The number of carbonyl (C=O) groups excluding carboxylic acids is 1. The number of aliphatic imine (C=N–C) groups is 1. The Labute approximate surface area is 73.7 Å². The van der Waals surface area contributed by atoms with E-state index in [9.17, 15) is 4.79 Å². The van der Waals surface area contributed by atoms with Crippen molar-refractivity contribution in [1.29, 1.82) is 0 Å². The van der Waals surface area contributed by atoms with Crippen LogP contribution in [0.3, 0.4) is 0 Å². The Kier molecular flexibility index (Phi) is 1.02. The number of ketones is 1. The van der Waals surface area contributed by atoms with Gasteiger partial charge in [-0.2, -0.15) is 5.10 Å². The first-order valence-electron chi connectivity index (χ1n) is 3.92. The summed E-state index contributed by atoms with van der Waals surface area (Å²) in [6, 6.07) is 0. The van der Waals surface area contributed by atoms with Crippen molar-refractivity contribution < 1.29 is 4.79 Å². The van der Waals surface area contributed by atoms with E-state index in [1.165, 1.54) is 6.20 Å². The maximum atomic E-state index is 11.7. The lowest BCUT2D eigenvalue weighted by atomic mass is 10.0. The van der Waals surface area contributed by atoms with Gasteiger partial charge in [0.2, 0.25) is 5.78 Å². The molecule has 4 nitrogen and oxygen atoms in total. The summed E-state index contributed by atoms with van der Waals surface area (Å²) in [5, 5.41) is 6.46. The number of H-pyrrole nitrogens is 1. The highest BCUT2D eigenvalue weighted by atomic mass is 16.1. The molecule has 0 saturated heterocycles. The second kappa shape index (κ2) is 2.04. The number of nitrogens with zero attached hydrogens (tertiary/aromatic N) is 2. The van der Waals surface area contributed by atoms with Gasteiger partial charge in [-0.3, -0.25) is 9.89 Å². The van der Waals surface area contributed by atoms with Crippen LogP contribution in [-0.2, 0) is 0 Å². The Hall–Kier alpha value is -1.97. The van der Waals surface area contributed by atoms with Gasteiger partial charge in [-0.05, 0) is 12.2 Å². The van der Waals surface area contributed by atoms with Crippen molar-refractivity contribution >= 4 is 17.3 Å². The monoisotopic (exact) mass is 171 g/mol. The molecule has 0 unspecified atom stereocenters. The molecule has 1 aromatic heterocycles. The predicted molar refractivity (Wildman–Crippen MR) is 47.2 cm³/mol. The molecule has 1 aliphatic carbocycles. The Morgan fingerprint density at radius 2 is 2.31 bits per heavy atom. The lowest BCUT2D eigenvalue weighted by Crippen LogP contribution is -2.12. The summed E-state index contributed by atoms with van der Waals surface area (Å²) >= 11 is 0. The molecule has 4 heteroatoms.